The smallest absolute Gasteiger partial charge is 0.129 e. The van der Waals surface area contributed by atoms with Crippen LogP contribution in [0.2, 0.25) is 0 Å². The van der Waals surface area contributed by atoms with Gasteiger partial charge in [0.2, 0.25) is 0 Å². The summed E-state index contributed by atoms with van der Waals surface area (Å²) in [7, 11) is 0. The van der Waals surface area contributed by atoms with E-state index in [0.29, 0.717) is 23.5 Å². The minimum atomic E-state index is -0.591. The van der Waals surface area contributed by atoms with Gasteiger partial charge in [-0.25, -0.2) is 13.8 Å². The van der Waals surface area contributed by atoms with Gasteiger partial charge in [0.1, 0.15) is 17.5 Å². The lowest BCUT2D eigenvalue weighted by molar-refractivity contribution is 0.572. The van der Waals surface area contributed by atoms with Crippen LogP contribution in [0, 0.1) is 23.0 Å². The molecule has 0 amide bonds. The number of rotatable bonds is 4. The van der Waals surface area contributed by atoms with Crippen molar-refractivity contribution in [3.63, 3.8) is 0 Å². The summed E-state index contributed by atoms with van der Waals surface area (Å²) in [5.74, 6) is -0.468. The van der Waals surface area contributed by atoms with Crippen molar-refractivity contribution in [3.05, 3.63) is 89.0 Å². The maximum Gasteiger partial charge on any atom is 0.129 e. The lowest BCUT2D eigenvalue weighted by Gasteiger charge is -2.09. The van der Waals surface area contributed by atoms with Crippen LogP contribution in [-0.4, -0.2) is 9.55 Å². The number of nitriles is 1. The molecule has 0 N–H and O–H groups in total. The van der Waals surface area contributed by atoms with Crippen LogP contribution < -0.4 is 0 Å². The van der Waals surface area contributed by atoms with Crippen LogP contribution in [0.3, 0.4) is 0 Å². The highest BCUT2D eigenvalue weighted by atomic mass is 19.1. The Balaban J connectivity index is 1.80. The van der Waals surface area contributed by atoms with E-state index in [1.165, 1.54) is 12.1 Å². The SMILES string of the molecule is N#Cc1ccc(Cn2ccnc2Cc2ccc(F)cc2F)cc1. The Kier molecular flexibility index (Phi) is 4.15. The normalized spacial score (nSPS) is 10.5. The lowest BCUT2D eigenvalue weighted by Crippen LogP contribution is -2.06. The molecule has 3 nitrogen and oxygen atoms in total. The first-order chi connectivity index (χ1) is 11.2. The third-order valence-electron chi connectivity index (χ3n) is 3.60. The van der Waals surface area contributed by atoms with Crippen molar-refractivity contribution in [1.29, 1.82) is 5.26 Å². The zero-order valence-corrected chi connectivity index (χ0v) is 12.2. The first kappa shape index (κ1) is 14.9. The highest BCUT2D eigenvalue weighted by molar-refractivity contribution is 5.32. The van der Waals surface area contributed by atoms with Crippen LogP contribution in [0.25, 0.3) is 0 Å². The number of nitrogens with zero attached hydrogens (tertiary/aromatic N) is 3. The van der Waals surface area contributed by atoms with Gasteiger partial charge in [-0.1, -0.05) is 18.2 Å². The molecule has 114 valence electrons. The second-order valence-electron chi connectivity index (χ2n) is 5.19. The predicted molar refractivity (Wildman–Crippen MR) is 81.7 cm³/mol. The van der Waals surface area contributed by atoms with Gasteiger partial charge < -0.3 is 4.57 Å². The number of halogens is 2. The Labute approximate surface area is 132 Å². The van der Waals surface area contributed by atoms with Gasteiger partial charge in [0.15, 0.2) is 0 Å². The molecular formula is C18H13F2N3. The molecule has 1 heterocycles. The van der Waals surface area contributed by atoms with E-state index in [4.69, 9.17) is 5.26 Å². The maximum atomic E-state index is 13.8. The van der Waals surface area contributed by atoms with Crippen molar-refractivity contribution in [2.45, 2.75) is 13.0 Å². The molecule has 0 atom stereocenters. The fraction of sp³-hybridized carbons (Fsp3) is 0.111. The second kappa shape index (κ2) is 6.41. The van der Waals surface area contributed by atoms with Gasteiger partial charge in [0.05, 0.1) is 11.6 Å². The van der Waals surface area contributed by atoms with E-state index >= 15 is 0 Å². The molecule has 2 aromatic carbocycles. The van der Waals surface area contributed by atoms with E-state index in [0.717, 1.165) is 11.6 Å². The monoisotopic (exact) mass is 309 g/mol. The minimum absolute atomic E-state index is 0.287. The first-order valence-corrected chi connectivity index (χ1v) is 7.08. The molecule has 23 heavy (non-hydrogen) atoms. The number of benzene rings is 2. The van der Waals surface area contributed by atoms with Crippen molar-refractivity contribution < 1.29 is 8.78 Å². The summed E-state index contributed by atoms with van der Waals surface area (Å²) in [4.78, 5) is 4.26. The highest BCUT2D eigenvalue weighted by Gasteiger charge is 2.09. The average molecular weight is 309 g/mol. The summed E-state index contributed by atoms with van der Waals surface area (Å²) in [5, 5.41) is 8.81. The van der Waals surface area contributed by atoms with Crippen LogP contribution in [0.5, 0.6) is 0 Å². The van der Waals surface area contributed by atoms with Gasteiger partial charge in [0.25, 0.3) is 0 Å². The van der Waals surface area contributed by atoms with E-state index in [-0.39, 0.29) is 6.42 Å². The summed E-state index contributed by atoms with van der Waals surface area (Å²) in [6.45, 7) is 0.573. The van der Waals surface area contributed by atoms with Crippen LogP contribution in [0.15, 0.2) is 54.9 Å². The molecule has 0 unspecified atom stereocenters. The lowest BCUT2D eigenvalue weighted by atomic mass is 10.1. The quantitative estimate of drug-likeness (QED) is 0.738. The van der Waals surface area contributed by atoms with Crippen LogP contribution >= 0.6 is 0 Å². The topological polar surface area (TPSA) is 41.6 Å². The predicted octanol–water partition coefficient (Wildman–Crippen LogP) is 3.67. The Hall–Kier alpha value is -3.00. The van der Waals surface area contributed by atoms with Crippen LogP contribution in [0.4, 0.5) is 8.78 Å². The molecule has 0 aliphatic carbocycles. The highest BCUT2D eigenvalue weighted by Crippen LogP contribution is 2.15. The van der Waals surface area contributed by atoms with Crippen molar-refractivity contribution in [3.8, 4) is 6.07 Å². The zero-order chi connectivity index (χ0) is 16.2. The molecule has 0 saturated heterocycles. The minimum Gasteiger partial charge on any atom is -0.330 e. The largest absolute Gasteiger partial charge is 0.330 e. The van der Waals surface area contributed by atoms with Gasteiger partial charge in [0, 0.05) is 31.4 Å². The molecule has 3 aromatic rings. The number of hydrogen-bond donors (Lipinski definition) is 0. The molecule has 5 heteroatoms. The summed E-state index contributed by atoms with van der Waals surface area (Å²) >= 11 is 0. The van der Waals surface area contributed by atoms with Gasteiger partial charge in [-0.15, -0.1) is 0 Å². The fourth-order valence-corrected chi connectivity index (χ4v) is 2.37. The van der Waals surface area contributed by atoms with Gasteiger partial charge >= 0.3 is 0 Å². The van der Waals surface area contributed by atoms with E-state index in [9.17, 15) is 8.78 Å². The molecule has 0 spiro atoms. The summed E-state index contributed by atoms with van der Waals surface area (Å²) < 4.78 is 28.7. The maximum absolute atomic E-state index is 13.8. The second-order valence-corrected chi connectivity index (χ2v) is 5.19. The van der Waals surface area contributed by atoms with E-state index < -0.39 is 11.6 Å². The van der Waals surface area contributed by atoms with Gasteiger partial charge in [-0.3, -0.25) is 0 Å². The first-order valence-electron chi connectivity index (χ1n) is 7.08. The van der Waals surface area contributed by atoms with Crippen molar-refractivity contribution in [1.82, 2.24) is 9.55 Å². The summed E-state index contributed by atoms with van der Waals surface area (Å²) in [6, 6.07) is 12.9. The summed E-state index contributed by atoms with van der Waals surface area (Å²) in [5.41, 5.74) is 2.02. The van der Waals surface area contributed by atoms with Gasteiger partial charge in [-0.05, 0) is 29.3 Å². The van der Waals surface area contributed by atoms with Crippen molar-refractivity contribution in [2.75, 3.05) is 0 Å². The summed E-state index contributed by atoms with van der Waals surface area (Å²) in [6.07, 6.45) is 3.75. The fourth-order valence-electron chi connectivity index (χ4n) is 2.37. The third kappa shape index (κ3) is 3.43. The molecule has 0 radical (unpaired) electrons. The van der Waals surface area contributed by atoms with E-state index in [1.807, 2.05) is 22.9 Å². The van der Waals surface area contributed by atoms with E-state index in [2.05, 4.69) is 11.1 Å². The van der Waals surface area contributed by atoms with E-state index in [1.54, 1.807) is 18.3 Å². The standard InChI is InChI=1S/C18H13F2N3/c19-16-6-5-15(17(20)10-16)9-18-22-7-8-23(18)12-14-3-1-13(11-21)2-4-14/h1-8,10H,9,12H2. The van der Waals surface area contributed by atoms with Gasteiger partial charge in [-0.2, -0.15) is 5.26 Å². The molecule has 0 aliphatic heterocycles. The van der Waals surface area contributed by atoms with Crippen molar-refractivity contribution in [2.24, 2.45) is 0 Å². The molecule has 0 fully saturated rings. The molecule has 0 aliphatic rings. The van der Waals surface area contributed by atoms with Crippen LogP contribution in [-0.2, 0) is 13.0 Å². The Morgan fingerprint density at radius 2 is 1.87 bits per heavy atom. The molecule has 0 saturated carbocycles. The number of aromatic nitrogens is 2. The molecule has 3 rings (SSSR count). The Bertz CT molecular complexity index is 861. The Morgan fingerprint density at radius 1 is 1.09 bits per heavy atom. The molecular weight excluding hydrogens is 296 g/mol. The average Bonchev–Trinajstić information content (AvgIpc) is 2.98. The molecule has 0 bridgehead atoms. The van der Waals surface area contributed by atoms with Crippen molar-refractivity contribution >= 4 is 0 Å². The Morgan fingerprint density at radius 3 is 2.57 bits per heavy atom. The number of imidazole rings is 1. The van der Waals surface area contributed by atoms with Crippen LogP contribution in [0.1, 0.15) is 22.5 Å². The molecule has 1 aromatic heterocycles. The zero-order valence-electron chi connectivity index (χ0n) is 12.2. The number of hydrogen-bond acceptors (Lipinski definition) is 2. The third-order valence-corrected chi connectivity index (χ3v) is 3.60.